The van der Waals surface area contributed by atoms with E-state index in [1.807, 2.05) is 35.3 Å². The summed E-state index contributed by atoms with van der Waals surface area (Å²) in [5.74, 6) is 0.0577. The van der Waals surface area contributed by atoms with Gasteiger partial charge >= 0.3 is 0 Å². The summed E-state index contributed by atoms with van der Waals surface area (Å²) in [7, 11) is 0. The molecule has 0 saturated heterocycles. The molecule has 3 aromatic heterocycles. The van der Waals surface area contributed by atoms with Crippen LogP contribution >= 0.6 is 11.3 Å². The summed E-state index contributed by atoms with van der Waals surface area (Å²) in [6.45, 7) is 1.96. The maximum atomic E-state index is 11.9. The first-order valence-corrected chi connectivity index (χ1v) is 7.79. The summed E-state index contributed by atoms with van der Waals surface area (Å²) >= 11 is 1.59. The molecule has 6 nitrogen and oxygen atoms in total. The van der Waals surface area contributed by atoms with Gasteiger partial charge in [-0.25, -0.2) is 4.98 Å². The number of hydrogen-bond donors (Lipinski definition) is 2. The Labute approximate surface area is 126 Å². The number of carbonyl (C=O) groups excluding carboxylic acids is 1. The van der Waals surface area contributed by atoms with Crippen LogP contribution in [0.25, 0.3) is 4.96 Å². The lowest BCUT2D eigenvalue weighted by molar-refractivity contribution is -0.121. The van der Waals surface area contributed by atoms with Gasteiger partial charge in [-0.05, 0) is 25.3 Å². The number of thiazole rings is 1. The highest BCUT2D eigenvalue weighted by molar-refractivity contribution is 7.15. The Morgan fingerprint density at radius 1 is 1.57 bits per heavy atom. The fourth-order valence-corrected chi connectivity index (χ4v) is 2.92. The highest BCUT2D eigenvalue weighted by atomic mass is 32.1. The summed E-state index contributed by atoms with van der Waals surface area (Å²) in [5, 5.41) is 11.6. The summed E-state index contributed by atoms with van der Waals surface area (Å²) in [4.78, 5) is 17.4. The number of aromatic nitrogens is 4. The number of aromatic amines is 1. The van der Waals surface area contributed by atoms with Gasteiger partial charge in [0.1, 0.15) is 0 Å². The number of nitrogens with zero attached hydrogens (tertiary/aromatic N) is 3. The number of imidazole rings is 1. The molecule has 0 aliphatic heterocycles. The van der Waals surface area contributed by atoms with Crippen LogP contribution in [0.3, 0.4) is 0 Å². The third kappa shape index (κ3) is 3.30. The van der Waals surface area contributed by atoms with E-state index < -0.39 is 0 Å². The smallest absolute Gasteiger partial charge is 0.220 e. The second kappa shape index (κ2) is 6.09. The molecule has 1 atom stereocenters. The fourth-order valence-electron chi connectivity index (χ4n) is 2.21. The molecule has 0 unspecified atom stereocenters. The minimum Gasteiger partial charge on any atom is -0.348 e. The molecule has 3 rings (SSSR count). The van der Waals surface area contributed by atoms with E-state index in [0.717, 1.165) is 29.1 Å². The lowest BCUT2D eigenvalue weighted by atomic mass is 10.1. The molecule has 0 radical (unpaired) electrons. The average molecular weight is 303 g/mol. The first-order valence-electron chi connectivity index (χ1n) is 6.91. The van der Waals surface area contributed by atoms with E-state index in [2.05, 4.69) is 20.5 Å². The molecule has 7 heteroatoms. The third-order valence-electron chi connectivity index (χ3n) is 3.36. The molecule has 110 valence electrons. The van der Waals surface area contributed by atoms with Crippen LogP contribution in [-0.4, -0.2) is 25.5 Å². The predicted molar refractivity (Wildman–Crippen MR) is 81.2 cm³/mol. The van der Waals surface area contributed by atoms with Crippen molar-refractivity contribution in [3.8, 4) is 0 Å². The Balaban J connectivity index is 1.48. The van der Waals surface area contributed by atoms with E-state index in [0.29, 0.717) is 6.42 Å². The van der Waals surface area contributed by atoms with E-state index in [9.17, 15) is 4.79 Å². The first kappa shape index (κ1) is 13.8. The van der Waals surface area contributed by atoms with Gasteiger partial charge in [0, 0.05) is 30.4 Å². The molecule has 2 N–H and O–H groups in total. The normalized spacial score (nSPS) is 12.6. The Morgan fingerprint density at radius 2 is 2.48 bits per heavy atom. The van der Waals surface area contributed by atoms with Crippen molar-refractivity contribution in [1.29, 1.82) is 0 Å². The van der Waals surface area contributed by atoms with Crippen LogP contribution in [0.1, 0.15) is 37.1 Å². The molecule has 21 heavy (non-hydrogen) atoms. The Kier molecular flexibility index (Phi) is 4.01. The topological polar surface area (TPSA) is 75.1 Å². The molecule has 0 aromatic carbocycles. The van der Waals surface area contributed by atoms with Gasteiger partial charge in [-0.15, -0.1) is 11.3 Å². The van der Waals surface area contributed by atoms with Gasteiger partial charge in [0.05, 0.1) is 17.9 Å². The standard InChI is InChI=1S/C14H17N5OS/c1-10(12-9-19-5-6-21-14(19)18-12)17-13(20)4-2-3-11-7-15-16-8-11/h5-10H,2-4H2,1H3,(H,15,16)(H,17,20)/t10-/m0/s1. The van der Waals surface area contributed by atoms with Gasteiger partial charge in [0.25, 0.3) is 0 Å². The molecule has 3 aromatic rings. The van der Waals surface area contributed by atoms with Crippen LogP contribution in [0.5, 0.6) is 0 Å². The van der Waals surface area contributed by atoms with Crippen LogP contribution in [0, 0.1) is 0 Å². The molecule has 0 saturated carbocycles. The predicted octanol–water partition coefficient (Wildman–Crippen LogP) is 2.32. The van der Waals surface area contributed by atoms with Gasteiger partial charge < -0.3 is 5.32 Å². The fraction of sp³-hybridized carbons (Fsp3) is 0.357. The van der Waals surface area contributed by atoms with E-state index >= 15 is 0 Å². The zero-order valence-electron chi connectivity index (χ0n) is 11.7. The largest absolute Gasteiger partial charge is 0.348 e. The van der Waals surface area contributed by atoms with Crippen LogP contribution in [0.2, 0.25) is 0 Å². The third-order valence-corrected chi connectivity index (χ3v) is 4.13. The maximum absolute atomic E-state index is 11.9. The van der Waals surface area contributed by atoms with Gasteiger partial charge in [0.2, 0.25) is 5.91 Å². The maximum Gasteiger partial charge on any atom is 0.220 e. The van der Waals surface area contributed by atoms with Gasteiger partial charge in [0.15, 0.2) is 4.96 Å². The van der Waals surface area contributed by atoms with E-state index in [4.69, 9.17) is 0 Å². The number of hydrogen-bond acceptors (Lipinski definition) is 4. The van der Waals surface area contributed by atoms with Crippen molar-refractivity contribution in [2.75, 3.05) is 0 Å². The molecule has 0 bridgehead atoms. The molecular formula is C14H17N5OS. The number of H-pyrrole nitrogens is 1. The minimum atomic E-state index is -0.0708. The van der Waals surface area contributed by atoms with Crippen LogP contribution in [0.4, 0.5) is 0 Å². The lowest BCUT2D eigenvalue weighted by Crippen LogP contribution is -2.26. The molecule has 0 aliphatic rings. The Morgan fingerprint density at radius 3 is 3.24 bits per heavy atom. The van der Waals surface area contributed by atoms with Gasteiger partial charge in [-0.1, -0.05) is 0 Å². The second-order valence-corrected chi connectivity index (χ2v) is 5.88. The highest BCUT2D eigenvalue weighted by Crippen LogP contribution is 2.16. The van der Waals surface area contributed by atoms with E-state index in [1.54, 1.807) is 17.5 Å². The van der Waals surface area contributed by atoms with Crippen molar-refractivity contribution >= 4 is 22.2 Å². The molecule has 3 heterocycles. The molecule has 0 aliphatic carbocycles. The van der Waals surface area contributed by atoms with Crippen LogP contribution in [-0.2, 0) is 11.2 Å². The quantitative estimate of drug-likeness (QED) is 0.734. The van der Waals surface area contributed by atoms with Crippen molar-refractivity contribution in [2.45, 2.75) is 32.2 Å². The number of amides is 1. The van der Waals surface area contributed by atoms with Crippen molar-refractivity contribution < 1.29 is 4.79 Å². The van der Waals surface area contributed by atoms with E-state index in [-0.39, 0.29) is 11.9 Å². The highest BCUT2D eigenvalue weighted by Gasteiger charge is 2.13. The minimum absolute atomic E-state index is 0.0577. The zero-order valence-corrected chi connectivity index (χ0v) is 12.6. The number of aryl methyl sites for hydroxylation is 1. The van der Waals surface area contributed by atoms with Gasteiger partial charge in [-0.2, -0.15) is 5.10 Å². The molecule has 0 spiro atoms. The monoisotopic (exact) mass is 303 g/mol. The second-order valence-electron chi connectivity index (χ2n) is 5.01. The van der Waals surface area contributed by atoms with Gasteiger partial charge in [-0.3, -0.25) is 14.3 Å². The number of nitrogens with one attached hydrogen (secondary N) is 2. The Hall–Kier alpha value is -2.15. The lowest BCUT2D eigenvalue weighted by Gasteiger charge is -2.11. The van der Waals surface area contributed by atoms with Crippen molar-refractivity contribution in [3.63, 3.8) is 0 Å². The van der Waals surface area contributed by atoms with Crippen LogP contribution in [0.15, 0.2) is 30.2 Å². The summed E-state index contributed by atoms with van der Waals surface area (Å²) in [5.41, 5.74) is 2.02. The SMILES string of the molecule is C[C@H](NC(=O)CCCc1cn[nH]c1)c1cn2ccsc2n1. The van der Waals surface area contributed by atoms with Crippen molar-refractivity contribution in [1.82, 2.24) is 24.9 Å². The summed E-state index contributed by atoms with van der Waals surface area (Å²) < 4.78 is 1.97. The number of rotatable bonds is 6. The van der Waals surface area contributed by atoms with Crippen LogP contribution < -0.4 is 5.32 Å². The first-order chi connectivity index (χ1) is 10.2. The van der Waals surface area contributed by atoms with E-state index in [1.165, 1.54) is 0 Å². The summed E-state index contributed by atoms with van der Waals surface area (Å²) in [6.07, 6.45) is 9.77. The van der Waals surface area contributed by atoms with Crippen molar-refractivity contribution in [3.05, 3.63) is 41.4 Å². The zero-order chi connectivity index (χ0) is 14.7. The summed E-state index contributed by atoms with van der Waals surface area (Å²) in [6, 6.07) is -0.0708. The molecule has 1 amide bonds. The number of fused-ring (bicyclic) bond motifs is 1. The number of carbonyl (C=O) groups is 1. The van der Waals surface area contributed by atoms with Crippen molar-refractivity contribution in [2.24, 2.45) is 0 Å². The average Bonchev–Trinajstić information content (AvgIpc) is 3.14. The molecular weight excluding hydrogens is 286 g/mol. The molecule has 0 fully saturated rings. The Bertz CT molecular complexity index is 686.